The summed E-state index contributed by atoms with van der Waals surface area (Å²) in [6.45, 7) is 0. The molecule has 0 N–H and O–H groups in total. The number of hydrogen-bond acceptors (Lipinski definition) is 4. The lowest BCUT2D eigenvalue weighted by Gasteiger charge is -2.05. The Kier molecular flexibility index (Phi) is 5.29. The number of rotatable bonds is 5. The quantitative estimate of drug-likeness (QED) is 0.325. The van der Waals surface area contributed by atoms with E-state index >= 15 is 0 Å². The third-order valence-electron chi connectivity index (χ3n) is 2.08. The van der Waals surface area contributed by atoms with Crippen LogP contribution in [0.25, 0.3) is 0 Å². The maximum Gasteiger partial charge on any atom is 0.289 e. The van der Waals surface area contributed by atoms with E-state index in [0.717, 1.165) is 6.07 Å². The van der Waals surface area contributed by atoms with E-state index in [2.05, 4.69) is 0 Å². The van der Waals surface area contributed by atoms with E-state index in [1.807, 2.05) is 0 Å². The van der Waals surface area contributed by atoms with Crippen molar-refractivity contribution in [3.63, 3.8) is 0 Å². The molecule has 9 heteroatoms. The van der Waals surface area contributed by atoms with Crippen LogP contribution in [0.15, 0.2) is 17.0 Å². The molecule has 0 heterocycles. The maximum atomic E-state index is 13.4. The van der Waals surface area contributed by atoms with Crippen LogP contribution in [0.3, 0.4) is 0 Å². The molecule has 100 valence electrons. The Labute approximate surface area is 122 Å². The van der Waals surface area contributed by atoms with E-state index in [4.69, 9.17) is 11.6 Å². The molecule has 0 unspecified atom stereocenters. The fourth-order valence-corrected chi connectivity index (χ4v) is 3.49. The predicted octanol–water partition coefficient (Wildman–Crippen LogP) is 2.74. The second-order valence-electron chi connectivity index (χ2n) is 3.35. The van der Waals surface area contributed by atoms with Gasteiger partial charge in [0.15, 0.2) is 9.84 Å². The smallest absolute Gasteiger partial charge is 0.258 e. The van der Waals surface area contributed by atoms with Crippen LogP contribution < -0.4 is 0 Å². The molecule has 0 radical (unpaired) electrons. The van der Waals surface area contributed by atoms with E-state index in [1.54, 1.807) is 22.6 Å². The monoisotopic (exact) mass is 407 g/mol. The fourth-order valence-electron chi connectivity index (χ4n) is 1.26. The first-order chi connectivity index (χ1) is 8.29. The van der Waals surface area contributed by atoms with Gasteiger partial charge in [-0.1, -0.05) is 0 Å². The number of benzene rings is 1. The summed E-state index contributed by atoms with van der Waals surface area (Å²) in [6, 6.07) is 1.59. The van der Waals surface area contributed by atoms with Crippen LogP contribution in [0.2, 0.25) is 0 Å². The predicted molar refractivity (Wildman–Crippen MR) is 73.2 cm³/mol. The summed E-state index contributed by atoms with van der Waals surface area (Å²) in [5.74, 6) is -1.04. The van der Waals surface area contributed by atoms with Crippen LogP contribution >= 0.6 is 34.2 Å². The number of nitro groups is 1. The molecule has 0 atom stereocenters. The fraction of sp³-hybridized carbons (Fsp3) is 0.333. The normalized spacial score (nSPS) is 11.5. The highest BCUT2D eigenvalue weighted by molar-refractivity contribution is 14.1. The van der Waals surface area contributed by atoms with E-state index in [0.29, 0.717) is 6.07 Å². The summed E-state index contributed by atoms with van der Waals surface area (Å²) >= 11 is 6.94. The molecule has 18 heavy (non-hydrogen) atoms. The topological polar surface area (TPSA) is 77.3 Å². The Bertz CT molecular complexity index is 578. The lowest BCUT2D eigenvalue weighted by atomic mass is 10.3. The second-order valence-corrected chi connectivity index (χ2v) is 6.97. The Morgan fingerprint density at radius 3 is 2.56 bits per heavy atom. The van der Waals surface area contributed by atoms with Crippen molar-refractivity contribution in [2.75, 3.05) is 11.6 Å². The van der Waals surface area contributed by atoms with Crippen molar-refractivity contribution in [3.05, 3.63) is 31.6 Å². The first kappa shape index (κ1) is 15.6. The van der Waals surface area contributed by atoms with Crippen molar-refractivity contribution in [3.8, 4) is 0 Å². The molecule has 1 aromatic rings. The average Bonchev–Trinajstić information content (AvgIpc) is 2.29. The van der Waals surface area contributed by atoms with Gasteiger partial charge < -0.3 is 0 Å². The molecule has 0 fully saturated rings. The molecule has 0 aromatic heterocycles. The van der Waals surface area contributed by atoms with Gasteiger partial charge in [-0.15, -0.1) is 11.6 Å². The van der Waals surface area contributed by atoms with Crippen molar-refractivity contribution in [2.45, 2.75) is 11.3 Å². The number of halogens is 3. The van der Waals surface area contributed by atoms with Gasteiger partial charge in [-0.3, -0.25) is 10.1 Å². The van der Waals surface area contributed by atoms with Crippen molar-refractivity contribution in [1.82, 2.24) is 0 Å². The summed E-state index contributed by atoms with van der Waals surface area (Å²) in [6.07, 6.45) is 0.147. The van der Waals surface area contributed by atoms with Gasteiger partial charge in [0, 0.05) is 18.0 Å². The third kappa shape index (κ3) is 3.51. The van der Waals surface area contributed by atoms with E-state index in [-0.39, 0.29) is 21.6 Å². The maximum absolute atomic E-state index is 13.4. The Morgan fingerprint density at radius 2 is 2.06 bits per heavy atom. The Balaban J connectivity index is 3.39. The van der Waals surface area contributed by atoms with Gasteiger partial charge in [-0.2, -0.15) is 0 Å². The van der Waals surface area contributed by atoms with Crippen molar-refractivity contribution >= 4 is 49.7 Å². The minimum atomic E-state index is -3.91. The molecule has 0 saturated heterocycles. The van der Waals surface area contributed by atoms with Crippen molar-refractivity contribution in [1.29, 1.82) is 0 Å². The van der Waals surface area contributed by atoms with Gasteiger partial charge in [0.1, 0.15) is 10.7 Å². The molecule has 0 aliphatic rings. The van der Waals surface area contributed by atoms with E-state index < -0.39 is 31.2 Å². The lowest BCUT2D eigenvalue weighted by Crippen LogP contribution is -2.11. The molecule has 0 aliphatic carbocycles. The Hall–Kier alpha value is -0.480. The van der Waals surface area contributed by atoms with Gasteiger partial charge in [0.2, 0.25) is 0 Å². The zero-order chi connectivity index (χ0) is 13.9. The third-order valence-corrected chi connectivity index (χ3v) is 5.00. The molecule has 0 amide bonds. The van der Waals surface area contributed by atoms with Crippen LogP contribution in [-0.4, -0.2) is 25.0 Å². The second kappa shape index (κ2) is 6.11. The summed E-state index contributed by atoms with van der Waals surface area (Å²) < 4.78 is 37.0. The highest BCUT2D eigenvalue weighted by Gasteiger charge is 2.27. The molecule has 5 nitrogen and oxygen atoms in total. The number of sulfone groups is 1. The summed E-state index contributed by atoms with van der Waals surface area (Å²) in [5.41, 5.74) is -0.615. The molecular weight excluding hydrogens is 400 g/mol. The molecule has 1 rings (SSSR count). The highest BCUT2D eigenvalue weighted by atomic mass is 127. The average molecular weight is 408 g/mol. The molecule has 0 aliphatic heterocycles. The first-order valence-corrected chi connectivity index (χ1v) is 7.98. The summed E-state index contributed by atoms with van der Waals surface area (Å²) in [4.78, 5) is 9.36. The largest absolute Gasteiger partial charge is 0.289 e. The SMILES string of the molecule is O=[N+]([O-])c1cc(I)c(F)cc1S(=O)(=O)CCCCl. The number of alkyl halides is 1. The van der Waals surface area contributed by atoms with Crippen LogP contribution in [-0.2, 0) is 9.84 Å². The molecule has 0 spiro atoms. The standard InChI is InChI=1S/C9H8ClFINO4S/c10-2-1-3-18(16,17)9-4-6(11)7(12)5-8(9)13(14)15/h4-5H,1-3H2. The van der Waals surface area contributed by atoms with Crippen molar-refractivity contribution < 1.29 is 17.7 Å². The van der Waals surface area contributed by atoms with Gasteiger partial charge in [0.25, 0.3) is 5.69 Å². The highest BCUT2D eigenvalue weighted by Crippen LogP contribution is 2.29. The summed E-state index contributed by atoms with van der Waals surface area (Å²) in [5, 5.41) is 10.8. The van der Waals surface area contributed by atoms with Crippen molar-refractivity contribution in [2.24, 2.45) is 0 Å². The number of nitrogens with zero attached hydrogens (tertiary/aromatic N) is 1. The first-order valence-electron chi connectivity index (χ1n) is 4.71. The van der Waals surface area contributed by atoms with Gasteiger partial charge in [-0.05, 0) is 29.0 Å². The van der Waals surface area contributed by atoms with E-state index in [1.165, 1.54) is 0 Å². The van der Waals surface area contributed by atoms with Crippen LogP contribution in [0.4, 0.5) is 10.1 Å². The lowest BCUT2D eigenvalue weighted by molar-refractivity contribution is -0.388. The van der Waals surface area contributed by atoms with E-state index in [9.17, 15) is 22.9 Å². The van der Waals surface area contributed by atoms with Gasteiger partial charge in [0.05, 0.1) is 14.2 Å². The van der Waals surface area contributed by atoms with Gasteiger partial charge >= 0.3 is 0 Å². The number of hydrogen-bond donors (Lipinski definition) is 0. The minimum Gasteiger partial charge on any atom is -0.258 e. The van der Waals surface area contributed by atoms with Crippen LogP contribution in [0.5, 0.6) is 0 Å². The van der Waals surface area contributed by atoms with Crippen LogP contribution in [0.1, 0.15) is 6.42 Å². The zero-order valence-corrected chi connectivity index (χ0v) is 12.6. The molecule has 0 saturated carbocycles. The Morgan fingerprint density at radius 1 is 1.44 bits per heavy atom. The van der Waals surface area contributed by atoms with Crippen LogP contribution in [0, 0.1) is 19.5 Å². The summed E-state index contributed by atoms with van der Waals surface area (Å²) in [7, 11) is -3.91. The van der Waals surface area contributed by atoms with Gasteiger partial charge in [-0.25, -0.2) is 12.8 Å². The zero-order valence-electron chi connectivity index (χ0n) is 8.90. The molecular formula is C9H8ClFINO4S. The minimum absolute atomic E-state index is 0.00408. The number of nitro benzene ring substituents is 1. The molecule has 0 bridgehead atoms. The molecule has 1 aromatic carbocycles.